The molecule has 2 fully saturated rings. The van der Waals surface area contributed by atoms with Crippen LogP contribution in [-0.2, 0) is 0 Å². The zero-order chi connectivity index (χ0) is 8.44. The fourth-order valence-corrected chi connectivity index (χ4v) is 2.49. The van der Waals surface area contributed by atoms with Gasteiger partial charge in [-0.1, -0.05) is 11.6 Å². The Balaban J connectivity index is 1.97. The predicted molar refractivity (Wildman–Crippen MR) is 52.1 cm³/mol. The number of hydrogen-bond acceptors (Lipinski definition) is 1. The van der Waals surface area contributed by atoms with E-state index in [-0.39, 0.29) is 0 Å². The SMILES string of the molecule is C/C=C1/CCCC2(CC1)CNC2. The van der Waals surface area contributed by atoms with E-state index in [1.807, 2.05) is 0 Å². The van der Waals surface area contributed by atoms with Crippen LogP contribution in [0.3, 0.4) is 0 Å². The Morgan fingerprint density at radius 3 is 2.67 bits per heavy atom. The average molecular weight is 165 g/mol. The van der Waals surface area contributed by atoms with Crippen LogP contribution >= 0.6 is 0 Å². The number of allylic oxidation sites excluding steroid dienone is 2. The van der Waals surface area contributed by atoms with Gasteiger partial charge in [0, 0.05) is 13.1 Å². The van der Waals surface area contributed by atoms with Crippen molar-refractivity contribution in [3.05, 3.63) is 11.6 Å². The zero-order valence-corrected chi connectivity index (χ0v) is 8.03. The lowest BCUT2D eigenvalue weighted by Gasteiger charge is -2.42. The van der Waals surface area contributed by atoms with E-state index >= 15 is 0 Å². The predicted octanol–water partition coefficient (Wildman–Crippen LogP) is 2.49. The van der Waals surface area contributed by atoms with Crippen molar-refractivity contribution < 1.29 is 0 Å². The normalized spacial score (nSPS) is 31.6. The van der Waals surface area contributed by atoms with Gasteiger partial charge in [-0.3, -0.25) is 0 Å². The number of hydrogen-bond donors (Lipinski definition) is 1. The van der Waals surface area contributed by atoms with Crippen molar-refractivity contribution in [1.29, 1.82) is 0 Å². The van der Waals surface area contributed by atoms with Crippen LogP contribution in [0.4, 0.5) is 0 Å². The van der Waals surface area contributed by atoms with Crippen molar-refractivity contribution in [2.75, 3.05) is 13.1 Å². The zero-order valence-electron chi connectivity index (χ0n) is 8.03. The van der Waals surface area contributed by atoms with Crippen molar-refractivity contribution in [1.82, 2.24) is 5.32 Å². The summed E-state index contributed by atoms with van der Waals surface area (Å²) in [5, 5.41) is 3.41. The Morgan fingerprint density at radius 1 is 1.25 bits per heavy atom. The fourth-order valence-electron chi connectivity index (χ4n) is 2.49. The Kier molecular flexibility index (Phi) is 2.22. The minimum absolute atomic E-state index is 0.713. The summed E-state index contributed by atoms with van der Waals surface area (Å²) in [4.78, 5) is 0. The smallest absolute Gasteiger partial charge is 0.00203 e. The lowest BCUT2D eigenvalue weighted by Crippen LogP contribution is -2.52. The Hall–Kier alpha value is -0.300. The Labute approximate surface area is 75.2 Å². The van der Waals surface area contributed by atoms with E-state index in [4.69, 9.17) is 0 Å². The molecular weight excluding hydrogens is 146 g/mol. The summed E-state index contributed by atoms with van der Waals surface area (Å²) in [7, 11) is 0. The van der Waals surface area contributed by atoms with Gasteiger partial charge in [0.25, 0.3) is 0 Å². The van der Waals surface area contributed by atoms with Gasteiger partial charge >= 0.3 is 0 Å². The van der Waals surface area contributed by atoms with Gasteiger partial charge in [0.05, 0.1) is 0 Å². The Bertz CT molecular complexity index is 189. The molecule has 0 aromatic heterocycles. The molecule has 0 aromatic rings. The van der Waals surface area contributed by atoms with Crippen LogP contribution in [0.5, 0.6) is 0 Å². The van der Waals surface area contributed by atoms with E-state index in [1.165, 1.54) is 45.2 Å². The van der Waals surface area contributed by atoms with Gasteiger partial charge in [-0.05, 0) is 44.4 Å². The van der Waals surface area contributed by atoms with E-state index in [0.29, 0.717) is 5.41 Å². The largest absolute Gasteiger partial charge is 0.316 e. The molecule has 68 valence electrons. The molecule has 0 atom stereocenters. The average Bonchev–Trinajstić information content (AvgIpc) is 2.24. The van der Waals surface area contributed by atoms with E-state index in [1.54, 1.807) is 5.57 Å². The first-order valence-corrected chi connectivity index (χ1v) is 5.19. The minimum Gasteiger partial charge on any atom is -0.316 e. The van der Waals surface area contributed by atoms with Crippen LogP contribution in [0, 0.1) is 5.41 Å². The van der Waals surface area contributed by atoms with Gasteiger partial charge in [-0.15, -0.1) is 0 Å². The summed E-state index contributed by atoms with van der Waals surface area (Å²) in [6, 6.07) is 0. The lowest BCUT2D eigenvalue weighted by atomic mass is 9.75. The third kappa shape index (κ3) is 1.42. The molecule has 0 aromatic carbocycles. The summed E-state index contributed by atoms with van der Waals surface area (Å²) in [6.07, 6.45) is 9.35. The molecule has 0 amide bonds. The topological polar surface area (TPSA) is 12.0 Å². The van der Waals surface area contributed by atoms with E-state index in [2.05, 4.69) is 18.3 Å². The first-order chi connectivity index (χ1) is 5.85. The third-order valence-corrected chi connectivity index (χ3v) is 3.59. The standard InChI is InChI=1S/C11H19N/c1-2-10-4-3-6-11(7-5-10)8-12-9-11/h2,12H,3-9H2,1H3/b10-2-. The van der Waals surface area contributed by atoms with Crippen LogP contribution < -0.4 is 5.32 Å². The van der Waals surface area contributed by atoms with Crippen molar-refractivity contribution in [3.8, 4) is 0 Å². The fraction of sp³-hybridized carbons (Fsp3) is 0.818. The molecule has 2 rings (SSSR count). The van der Waals surface area contributed by atoms with Gasteiger partial charge in [0.15, 0.2) is 0 Å². The molecule has 1 aliphatic heterocycles. The molecular formula is C11H19N. The van der Waals surface area contributed by atoms with Crippen LogP contribution in [0.1, 0.15) is 39.0 Å². The maximum Gasteiger partial charge on any atom is 0.00203 e. The lowest BCUT2D eigenvalue weighted by molar-refractivity contribution is 0.143. The highest BCUT2D eigenvalue weighted by molar-refractivity contribution is 5.06. The summed E-state index contributed by atoms with van der Waals surface area (Å²) < 4.78 is 0. The summed E-state index contributed by atoms with van der Waals surface area (Å²) in [6.45, 7) is 4.75. The van der Waals surface area contributed by atoms with Crippen LogP contribution in [-0.4, -0.2) is 13.1 Å². The van der Waals surface area contributed by atoms with Crippen molar-refractivity contribution in [2.45, 2.75) is 39.0 Å². The minimum atomic E-state index is 0.713. The van der Waals surface area contributed by atoms with Crippen molar-refractivity contribution in [3.63, 3.8) is 0 Å². The third-order valence-electron chi connectivity index (χ3n) is 3.59. The summed E-state index contributed by atoms with van der Waals surface area (Å²) >= 11 is 0. The highest BCUT2D eigenvalue weighted by Gasteiger charge is 2.36. The van der Waals surface area contributed by atoms with Gasteiger partial charge in [0.1, 0.15) is 0 Å². The maximum atomic E-state index is 3.41. The highest BCUT2D eigenvalue weighted by Crippen LogP contribution is 2.39. The molecule has 12 heavy (non-hydrogen) atoms. The van der Waals surface area contributed by atoms with Crippen LogP contribution in [0.25, 0.3) is 0 Å². The molecule has 1 aliphatic carbocycles. The molecule has 0 bridgehead atoms. The molecule has 1 N–H and O–H groups in total. The molecule has 1 nitrogen and oxygen atoms in total. The molecule has 1 spiro atoms. The second-order valence-electron chi connectivity index (χ2n) is 4.40. The van der Waals surface area contributed by atoms with Gasteiger partial charge in [-0.25, -0.2) is 0 Å². The first-order valence-electron chi connectivity index (χ1n) is 5.19. The molecule has 1 heteroatoms. The van der Waals surface area contributed by atoms with Gasteiger partial charge in [0.2, 0.25) is 0 Å². The molecule has 0 radical (unpaired) electrons. The summed E-state index contributed by atoms with van der Waals surface area (Å²) in [5.74, 6) is 0. The number of rotatable bonds is 0. The summed E-state index contributed by atoms with van der Waals surface area (Å²) in [5.41, 5.74) is 2.41. The quantitative estimate of drug-likeness (QED) is 0.544. The van der Waals surface area contributed by atoms with Crippen molar-refractivity contribution >= 4 is 0 Å². The molecule has 1 saturated carbocycles. The molecule has 0 unspecified atom stereocenters. The molecule has 2 aliphatic rings. The van der Waals surface area contributed by atoms with Crippen LogP contribution in [0.15, 0.2) is 11.6 Å². The number of nitrogens with one attached hydrogen (secondary N) is 1. The van der Waals surface area contributed by atoms with E-state index in [9.17, 15) is 0 Å². The van der Waals surface area contributed by atoms with Crippen molar-refractivity contribution in [2.24, 2.45) is 5.41 Å². The van der Waals surface area contributed by atoms with E-state index < -0.39 is 0 Å². The molecule has 1 saturated heterocycles. The van der Waals surface area contributed by atoms with Gasteiger partial charge in [-0.2, -0.15) is 0 Å². The Morgan fingerprint density at radius 2 is 2.08 bits per heavy atom. The second-order valence-corrected chi connectivity index (χ2v) is 4.40. The highest BCUT2D eigenvalue weighted by atomic mass is 15.0. The first kappa shape index (κ1) is 8.31. The van der Waals surface area contributed by atoms with Crippen LogP contribution in [0.2, 0.25) is 0 Å². The van der Waals surface area contributed by atoms with Gasteiger partial charge < -0.3 is 5.32 Å². The maximum absolute atomic E-state index is 3.41. The molecule has 1 heterocycles. The van der Waals surface area contributed by atoms with E-state index in [0.717, 1.165) is 0 Å². The monoisotopic (exact) mass is 165 g/mol. The second kappa shape index (κ2) is 3.21.